The molecule has 3 aliphatic heterocycles. The molecular formula is C44H57F3N10O7. The normalized spacial score (nSPS) is 23.2. The number of hydrogen-bond acceptors (Lipinski definition) is 12. The minimum Gasteiger partial charge on any atom is -0.379 e. The lowest BCUT2D eigenvalue weighted by atomic mass is 9.84. The second kappa shape index (κ2) is 21.5. The van der Waals surface area contributed by atoms with Gasteiger partial charge < -0.3 is 40.1 Å². The third kappa shape index (κ3) is 11.6. The van der Waals surface area contributed by atoms with E-state index in [-0.39, 0.29) is 72.1 Å². The molecule has 5 heterocycles. The van der Waals surface area contributed by atoms with Crippen LogP contribution in [-0.4, -0.2) is 162 Å². The van der Waals surface area contributed by atoms with Gasteiger partial charge in [-0.05, 0) is 61.9 Å². The number of carbonyl (C=O) groups is 5. The maximum Gasteiger partial charge on any atom is 0.416 e. The first-order valence-electron chi connectivity index (χ1n) is 22.1. The SMILES string of the molecule is CN1C(=O)C[C@H](C(=O)NCCOCCOCCC(=O)N2CCN(C3CCC(C(=O)NCCN4CC[C@H](Nc5ncnc6ccc(C(F)(F)F)cc56)C4=O)CC3)CC2)[C@H]1c1cccnc1. The maximum absolute atomic E-state index is 13.3. The zero-order valence-electron chi connectivity index (χ0n) is 36.1. The zero-order valence-corrected chi connectivity index (χ0v) is 36.1. The number of benzene rings is 1. The fourth-order valence-corrected chi connectivity index (χ4v) is 9.23. The molecule has 17 nitrogen and oxygen atoms in total. The number of amides is 5. The standard InChI is InChI=1S/C44H57F3N10O7/c1-54-38(59)26-34(39(54)30-3-2-12-48-27-30)42(61)50-14-22-64-24-23-63-21-11-37(58)56-19-17-55(18-20-56)32-7-4-29(5-8-32)41(60)49-13-16-57-15-10-36(43(57)62)53-40-33-25-31(44(45,46)47)6-9-35(33)51-28-52-40/h2-3,6,9,12,25,27-29,32,34,36,39H,4-5,7-8,10-11,13-24,26H2,1H3,(H,49,60)(H,50,61)(H,51,52,53)/t29?,32?,34-,36-,39+/m0/s1. The largest absolute Gasteiger partial charge is 0.416 e. The molecule has 7 rings (SSSR count). The van der Waals surface area contributed by atoms with Crippen LogP contribution in [0.5, 0.6) is 0 Å². The highest BCUT2D eigenvalue weighted by Gasteiger charge is 2.43. The van der Waals surface area contributed by atoms with Gasteiger partial charge in [0.25, 0.3) is 0 Å². The first-order valence-corrected chi connectivity index (χ1v) is 22.1. The Balaban J connectivity index is 0.710. The number of fused-ring (bicyclic) bond motifs is 1. The molecule has 3 aromatic rings. The highest BCUT2D eigenvalue weighted by molar-refractivity contribution is 5.93. The van der Waals surface area contributed by atoms with Gasteiger partial charge in [-0.1, -0.05) is 6.07 Å². The number of aromatic nitrogens is 3. The van der Waals surface area contributed by atoms with Crippen LogP contribution in [0.1, 0.15) is 62.1 Å². The van der Waals surface area contributed by atoms with Crippen LogP contribution in [-0.2, 0) is 39.6 Å². The monoisotopic (exact) mass is 894 g/mol. The van der Waals surface area contributed by atoms with Crippen molar-refractivity contribution in [1.29, 1.82) is 0 Å². The number of halogens is 3. The number of alkyl halides is 3. The van der Waals surface area contributed by atoms with Crippen LogP contribution in [0.2, 0.25) is 0 Å². The molecule has 20 heteroatoms. The van der Waals surface area contributed by atoms with Crippen LogP contribution < -0.4 is 16.0 Å². The topological polar surface area (TPSA) is 192 Å². The molecule has 346 valence electrons. The van der Waals surface area contributed by atoms with Gasteiger partial charge in [0, 0.05) is 95.6 Å². The van der Waals surface area contributed by atoms with E-state index >= 15 is 0 Å². The number of rotatable bonds is 18. The molecule has 0 radical (unpaired) electrons. The third-order valence-corrected chi connectivity index (χ3v) is 12.8. The molecule has 0 bridgehead atoms. The van der Waals surface area contributed by atoms with Crippen LogP contribution in [0.4, 0.5) is 19.0 Å². The number of ether oxygens (including phenoxy) is 2. The Kier molecular flexibility index (Phi) is 15.6. The fourth-order valence-electron chi connectivity index (χ4n) is 9.23. The molecule has 5 amide bonds. The summed E-state index contributed by atoms with van der Waals surface area (Å²) in [5, 5.41) is 9.07. The molecule has 1 aliphatic carbocycles. The molecule has 2 aromatic heterocycles. The average molecular weight is 895 g/mol. The van der Waals surface area contributed by atoms with Crippen LogP contribution in [0.25, 0.3) is 10.9 Å². The van der Waals surface area contributed by atoms with Crippen molar-refractivity contribution in [3.8, 4) is 0 Å². The van der Waals surface area contributed by atoms with Crippen molar-refractivity contribution >= 4 is 46.3 Å². The highest BCUT2D eigenvalue weighted by atomic mass is 19.4. The third-order valence-electron chi connectivity index (χ3n) is 12.8. The van der Waals surface area contributed by atoms with Gasteiger partial charge in [-0.2, -0.15) is 13.2 Å². The van der Waals surface area contributed by atoms with Crippen molar-refractivity contribution in [1.82, 2.24) is 45.2 Å². The molecule has 3 saturated heterocycles. The average Bonchev–Trinajstić information content (AvgIpc) is 3.81. The van der Waals surface area contributed by atoms with E-state index < -0.39 is 23.7 Å². The maximum atomic E-state index is 13.3. The van der Waals surface area contributed by atoms with Crippen molar-refractivity contribution in [2.24, 2.45) is 11.8 Å². The summed E-state index contributed by atoms with van der Waals surface area (Å²) < 4.78 is 51.3. The summed E-state index contributed by atoms with van der Waals surface area (Å²) in [6, 6.07) is 6.23. The van der Waals surface area contributed by atoms with E-state index in [0.29, 0.717) is 77.1 Å². The fraction of sp³-hybridized carbons (Fsp3) is 0.591. The molecule has 3 N–H and O–H groups in total. The van der Waals surface area contributed by atoms with Gasteiger partial charge in [-0.25, -0.2) is 9.97 Å². The lowest BCUT2D eigenvalue weighted by Gasteiger charge is -2.41. The zero-order chi connectivity index (χ0) is 45.2. The Hall–Kier alpha value is -5.47. The molecule has 0 unspecified atom stereocenters. The van der Waals surface area contributed by atoms with E-state index in [2.05, 4.69) is 35.8 Å². The number of anilines is 1. The predicted molar refractivity (Wildman–Crippen MR) is 227 cm³/mol. The molecule has 4 fully saturated rings. The summed E-state index contributed by atoms with van der Waals surface area (Å²) in [6.45, 7) is 5.44. The quantitative estimate of drug-likeness (QED) is 0.159. The van der Waals surface area contributed by atoms with Crippen LogP contribution in [0, 0.1) is 11.8 Å². The summed E-state index contributed by atoms with van der Waals surface area (Å²) in [6.07, 6.45) is 4.22. The van der Waals surface area contributed by atoms with Crippen LogP contribution in [0.3, 0.4) is 0 Å². The number of likely N-dealkylation sites (tertiary alicyclic amines) is 2. The van der Waals surface area contributed by atoms with Crippen LogP contribution >= 0.6 is 0 Å². The number of carbonyl (C=O) groups excluding carboxylic acids is 5. The smallest absolute Gasteiger partial charge is 0.379 e. The highest BCUT2D eigenvalue weighted by Crippen LogP contribution is 2.37. The first kappa shape index (κ1) is 46.5. The molecule has 1 aromatic carbocycles. The predicted octanol–water partition coefficient (Wildman–Crippen LogP) is 2.63. The van der Waals surface area contributed by atoms with E-state index in [1.165, 1.54) is 12.4 Å². The number of nitrogens with zero attached hydrogens (tertiary/aromatic N) is 7. The van der Waals surface area contributed by atoms with Crippen molar-refractivity contribution in [2.45, 2.75) is 69.2 Å². The van der Waals surface area contributed by atoms with Gasteiger partial charge in [0.1, 0.15) is 18.2 Å². The van der Waals surface area contributed by atoms with Crippen molar-refractivity contribution in [2.75, 3.05) is 91.2 Å². The van der Waals surface area contributed by atoms with Gasteiger partial charge in [-0.3, -0.25) is 33.9 Å². The summed E-state index contributed by atoms with van der Waals surface area (Å²) in [5.41, 5.74) is 0.334. The minimum absolute atomic E-state index is 0.0244. The van der Waals surface area contributed by atoms with Crippen molar-refractivity contribution in [3.63, 3.8) is 0 Å². The van der Waals surface area contributed by atoms with Crippen molar-refractivity contribution < 1.29 is 46.6 Å². The Morgan fingerprint density at radius 1 is 0.859 bits per heavy atom. The van der Waals surface area contributed by atoms with Crippen LogP contribution in [0.15, 0.2) is 49.1 Å². The van der Waals surface area contributed by atoms with E-state index in [1.54, 1.807) is 35.3 Å². The lowest BCUT2D eigenvalue weighted by Crippen LogP contribution is -2.53. The molecule has 3 atom stereocenters. The molecule has 4 aliphatic rings. The number of nitrogens with one attached hydrogen (secondary N) is 3. The molecule has 0 spiro atoms. The molecule has 64 heavy (non-hydrogen) atoms. The minimum atomic E-state index is -4.53. The number of pyridine rings is 1. The molecular weight excluding hydrogens is 838 g/mol. The van der Waals surface area contributed by atoms with Gasteiger partial charge >= 0.3 is 6.18 Å². The second-order valence-corrected chi connectivity index (χ2v) is 16.8. The summed E-state index contributed by atoms with van der Waals surface area (Å²) in [7, 11) is 1.70. The van der Waals surface area contributed by atoms with Gasteiger partial charge in [0.15, 0.2) is 0 Å². The van der Waals surface area contributed by atoms with Gasteiger partial charge in [0.05, 0.1) is 55.9 Å². The number of hydrogen-bond donors (Lipinski definition) is 3. The Morgan fingerprint density at radius 2 is 1.61 bits per heavy atom. The second-order valence-electron chi connectivity index (χ2n) is 16.8. The Labute approximate surface area is 369 Å². The van der Waals surface area contributed by atoms with Crippen molar-refractivity contribution in [3.05, 3.63) is 60.2 Å². The van der Waals surface area contributed by atoms with Gasteiger partial charge in [0.2, 0.25) is 29.5 Å². The lowest BCUT2D eigenvalue weighted by molar-refractivity contribution is -0.137. The molecule has 1 saturated carbocycles. The summed E-state index contributed by atoms with van der Waals surface area (Å²) in [5.74, 6) is -0.902. The number of piperazine rings is 1. The summed E-state index contributed by atoms with van der Waals surface area (Å²) in [4.78, 5) is 84.2. The Bertz CT molecular complexity index is 2100. The van der Waals surface area contributed by atoms with E-state index in [4.69, 9.17) is 9.47 Å². The van der Waals surface area contributed by atoms with E-state index in [1.807, 2.05) is 11.0 Å². The van der Waals surface area contributed by atoms with E-state index in [9.17, 15) is 37.1 Å². The van der Waals surface area contributed by atoms with E-state index in [0.717, 1.165) is 56.5 Å². The Morgan fingerprint density at radius 3 is 2.34 bits per heavy atom. The summed E-state index contributed by atoms with van der Waals surface area (Å²) >= 11 is 0. The van der Waals surface area contributed by atoms with Gasteiger partial charge in [-0.15, -0.1) is 0 Å². The first-order chi connectivity index (χ1) is 30.9.